The van der Waals surface area contributed by atoms with Gasteiger partial charge in [-0.3, -0.25) is 0 Å². The number of rotatable bonds is 12. The van der Waals surface area contributed by atoms with Gasteiger partial charge in [0.2, 0.25) is 0 Å². The zero-order valence-electron chi connectivity index (χ0n) is 44.8. The number of hydrogen-bond acceptors (Lipinski definition) is 10. The highest BCUT2D eigenvalue weighted by Gasteiger charge is 2.33. The predicted molar refractivity (Wildman–Crippen MR) is 299 cm³/mol. The van der Waals surface area contributed by atoms with E-state index >= 15 is 0 Å². The number of halogens is 12. The Kier molecular flexibility index (Phi) is 14.0. The number of H-pyrrole nitrogens is 2. The molecule has 0 saturated carbocycles. The van der Waals surface area contributed by atoms with Crippen molar-refractivity contribution >= 4 is 44.1 Å². The minimum Gasteiger partial charge on any atom is -0.489 e. The van der Waals surface area contributed by atoms with E-state index in [9.17, 15) is 52.7 Å². The van der Waals surface area contributed by atoms with Crippen LogP contribution in [0, 0.1) is 0 Å². The van der Waals surface area contributed by atoms with Crippen LogP contribution < -0.4 is 18.9 Å². The summed E-state index contributed by atoms with van der Waals surface area (Å²) in [6.07, 6.45) is -18.1. The summed E-state index contributed by atoms with van der Waals surface area (Å²) in [5.74, 6) is 1.76. The molecular weight excluding hydrogens is 1170 g/mol. The minimum absolute atomic E-state index is 0.105. The molecule has 3 aromatic heterocycles. The minimum atomic E-state index is -4.54. The molecule has 13 rings (SSSR count). The molecule has 2 aliphatic heterocycles. The van der Waals surface area contributed by atoms with Crippen LogP contribution in [0.1, 0.15) is 44.5 Å². The topological polar surface area (TPSA) is 146 Å². The van der Waals surface area contributed by atoms with Gasteiger partial charge in [-0.25, -0.2) is 29.9 Å². The van der Waals surface area contributed by atoms with Gasteiger partial charge in [-0.05, 0) is 144 Å². The molecule has 12 nitrogen and oxygen atoms in total. The van der Waals surface area contributed by atoms with E-state index in [1.165, 1.54) is 48.5 Å². The zero-order chi connectivity index (χ0) is 61.3. The molecule has 24 heteroatoms. The second kappa shape index (κ2) is 21.8. The number of aromatic nitrogens is 8. The first kappa shape index (κ1) is 56.6. The van der Waals surface area contributed by atoms with Crippen LogP contribution >= 0.6 is 0 Å². The lowest BCUT2D eigenvalue weighted by Crippen LogP contribution is -2.05. The fourth-order valence-electron chi connectivity index (χ4n) is 9.90. The van der Waals surface area contributed by atoms with Crippen LogP contribution in [0.3, 0.4) is 0 Å². The Labute approximate surface area is 488 Å². The largest absolute Gasteiger partial charge is 0.489 e. The average Bonchev–Trinajstić information content (AvgIpc) is 1.78. The number of benzene rings is 8. The number of nitrogens with one attached hydrogen (secondary N) is 2. The van der Waals surface area contributed by atoms with E-state index in [4.69, 9.17) is 48.9 Å². The summed E-state index contributed by atoms with van der Waals surface area (Å²) in [5.41, 5.74) is 1.24. The van der Waals surface area contributed by atoms with Gasteiger partial charge in [-0.1, -0.05) is 48.5 Å². The van der Waals surface area contributed by atoms with E-state index in [-0.39, 0.29) is 72.3 Å². The smallest absolute Gasteiger partial charge is 0.416 e. The standard InChI is InChI=1S/C64H38F12N8O4/c65-61(66,67)37-9-1-33(2-10-37)29-85-41-17-21-45-49(25-41)57-77-53(45)82-58-51-27-43(87-31-35-5-13-39(14-6-35)63(71,72)73)19-23-47(51)55(79-58)84-60-52-28-44(88-32-36-7-15-40(16-8-36)64(74,75)76)20-24-48(52)56(80-60)83-59-50-26-42(18-22-46(50)54(78-59)81-57)86-30-34-3-11-38(12-4-34)62(68,69)70/h1-28H,29-32H2,(H2,77,78,79,80,81,82,83,84). The molecule has 0 spiro atoms. The van der Waals surface area contributed by atoms with Crippen LogP contribution in [0.2, 0.25) is 0 Å². The monoisotopic (exact) mass is 1210 g/mol. The van der Waals surface area contributed by atoms with Gasteiger partial charge >= 0.3 is 24.7 Å². The predicted octanol–water partition coefficient (Wildman–Crippen LogP) is 17.3. The third-order valence-corrected chi connectivity index (χ3v) is 14.5. The quantitative estimate of drug-likeness (QED) is 0.113. The van der Waals surface area contributed by atoms with Gasteiger partial charge in [0.25, 0.3) is 0 Å². The van der Waals surface area contributed by atoms with Gasteiger partial charge in [0.15, 0.2) is 23.3 Å². The van der Waals surface area contributed by atoms with Crippen molar-refractivity contribution in [1.82, 2.24) is 39.9 Å². The second-order valence-electron chi connectivity index (χ2n) is 20.4. The number of ether oxygens (including phenoxy) is 4. The van der Waals surface area contributed by atoms with Gasteiger partial charge < -0.3 is 28.9 Å². The summed E-state index contributed by atoms with van der Waals surface area (Å²) in [7, 11) is 0. The SMILES string of the molecule is FC(F)(F)c1ccc(COc2ccc3c(c2)-c2nc-3nc3[nH]c(nc4nc(nc5[nH]c(n2)c2ccc(OCc6ccc(C(F)(F)F)cc6)cc52)-c2ccc(OCc5ccc(C(F)(F)F)cc5)cc2-4)c2ccc(OCc4ccc(C(F)(F)F)cc4)cc32)cc1. The average molecular weight is 1210 g/mol. The van der Waals surface area contributed by atoms with Crippen molar-refractivity contribution in [2.45, 2.75) is 51.1 Å². The van der Waals surface area contributed by atoms with E-state index in [0.717, 1.165) is 48.5 Å². The molecule has 5 heterocycles. The molecule has 442 valence electrons. The van der Waals surface area contributed by atoms with E-state index in [1.54, 1.807) is 72.8 Å². The highest BCUT2D eigenvalue weighted by atomic mass is 19.4. The van der Waals surface area contributed by atoms with Crippen LogP contribution in [-0.2, 0) is 51.1 Å². The Bertz CT molecular complexity index is 4380. The number of nitrogens with zero attached hydrogens (tertiary/aromatic N) is 6. The van der Waals surface area contributed by atoms with Gasteiger partial charge in [0.05, 0.1) is 22.3 Å². The molecule has 0 radical (unpaired) electrons. The summed E-state index contributed by atoms with van der Waals surface area (Å²) >= 11 is 0. The number of hydrogen-bond donors (Lipinski definition) is 2. The van der Waals surface area contributed by atoms with Gasteiger partial charge in [0.1, 0.15) is 72.0 Å². The van der Waals surface area contributed by atoms with Gasteiger partial charge in [-0.15, -0.1) is 0 Å². The molecule has 0 aliphatic carbocycles. The van der Waals surface area contributed by atoms with Crippen molar-refractivity contribution in [3.8, 4) is 68.5 Å². The molecule has 8 aromatic carbocycles. The fraction of sp³-hybridized carbons (Fsp3) is 0.125. The van der Waals surface area contributed by atoms with E-state index in [1.807, 2.05) is 0 Å². The Morgan fingerprint density at radius 1 is 0.261 bits per heavy atom. The summed E-state index contributed by atoms with van der Waals surface area (Å²) in [4.78, 5) is 36.8. The van der Waals surface area contributed by atoms with Crippen molar-refractivity contribution < 1.29 is 71.6 Å². The van der Waals surface area contributed by atoms with Gasteiger partial charge in [0, 0.05) is 43.8 Å². The van der Waals surface area contributed by atoms with Crippen LogP contribution in [-0.4, -0.2) is 39.9 Å². The Balaban J connectivity index is 0.968. The van der Waals surface area contributed by atoms with Crippen LogP contribution in [0.25, 0.3) is 89.7 Å². The molecule has 0 amide bonds. The van der Waals surface area contributed by atoms with Crippen molar-refractivity contribution in [2.24, 2.45) is 0 Å². The van der Waals surface area contributed by atoms with Crippen LogP contribution in [0.15, 0.2) is 170 Å². The first-order valence-electron chi connectivity index (χ1n) is 26.6. The zero-order valence-corrected chi connectivity index (χ0v) is 44.8. The molecule has 11 aromatic rings. The van der Waals surface area contributed by atoms with E-state index in [0.29, 0.717) is 89.1 Å². The lowest BCUT2D eigenvalue weighted by molar-refractivity contribution is -0.138. The molecule has 2 N–H and O–H groups in total. The highest BCUT2D eigenvalue weighted by molar-refractivity contribution is 6.07. The first-order valence-corrected chi connectivity index (χ1v) is 26.6. The van der Waals surface area contributed by atoms with Crippen LogP contribution in [0.5, 0.6) is 23.0 Å². The van der Waals surface area contributed by atoms with Crippen molar-refractivity contribution in [2.75, 3.05) is 0 Å². The van der Waals surface area contributed by atoms with Crippen molar-refractivity contribution in [3.05, 3.63) is 214 Å². The molecule has 0 atom stereocenters. The normalized spacial score (nSPS) is 12.5. The van der Waals surface area contributed by atoms with Crippen LogP contribution in [0.4, 0.5) is 52.7 Å². The lowest BCUT2D eigenvalue weighted by atomic mass is 10.1. The molecule has 88 heavy (non-hydrogen) atoms. The van der Waals surface area contributed by atoms with Crippen molar-refractivity contribution in [1.29, 1.82) is 0 Å². The summed E-state index contributed by atoms with van der Waals surface area (Å²) < 4.78 is 185. The Morgan fingerprint density at radius 2 is 0.511 bits per heavy atom. The van der Waals surface area contributed by atoms with E-state index < -0.39 is 47.0 Å². The maximum absolute atomic E-state index is 13.4. The third-order valence-electron chi connectivity index (χ3n) is 14.5. The molecular formula is C64H38F12N8O4. The first-order chi connectivity index (χ1) is 42.0. The summed E-state index contributed by atoms with van der Waals surface area (Å²) in [6.45, 7) is -0.425. The second-order valence-corrected chi connectivity index (χ2v) is 20.4. The summed E-state index contributed by atoms with van der Waals surface area (Å²) in [5, 5.41) is 1.91. The Hall–Kier alpha value is -10.5. The number of fused-ring (bicyclic) bond motifs is 20. The molecule has 0 unspecified atom stereocenters. The maximum Gasteiger partial charge on any atom is 0.416 e. The third kappa shape index (κ3) is 11.7. The highest BCUT2D eigenvalue weighted by Crippen LogP contribution is 2.42. The van der Waals surface area contributed by atoms with Gasteiger partial charge in [-0.2, -0.15) is 52.7 Å². The molecule has 2 aliphatic rings. The molecule has 0 fully saturated rings. The lowest BCUT2D eigenvalue weighted by Gasteiger charge is -2.10. The van der Waals surface area contributed by atoms with Crippen molar-refractivity contribution in [3.63, 3.8) is 0 Å². The molecule has 0 saturated heterocycles. The van der Waals surface area contributed by atoms with E-state index in [2.05, 4.69) is 9.97 Å². The Morgan fingerprint density at radius 3 is 0.795 bits per heavy atom. The molecule has 8 bridgehead atoms. The fourth-order valence-corrected chi connectivity index (χ4v) is 9.90. The number of aromatic amines is 2. The maximum atomic E-state index is 13.4. The summed E-state index contributed by atoms with van der Waals surface area (Å²) in [6, 6.07) is 38.2. The number of alkyl halides is 12.